The van der Waals surface area contributed by atoms with E-state index in [1.165, 1.54) is 5.56 Å². The van der Waals surface area contributed by atoms with Crippen molar-refractivity contribution in [2.75, 3.05) is 6.54 Å². The van der Waals surface area contributed by atoms with E-state index >= 15 is 0 Å². The van der Waals surface area contributed by atoms with Gasteiger partial charge in [-0.2, -0.15) is 5.26 Å². The Bertz CT molecular complexity index is 753. The number of carbonyl (C=O) groups is 1. The van der Waals surface area contributed by atoms with Crippen LogP contribution in [0.25, 0.3) is 11.1 Å². The molecule has 0 fully saturated rings. The van der Waals surface area contributed by atoms with Crippen molar-refractivity contribution in [1.29, 1.82) is 5.26 Å². The second kappa shape index (κ2) is 8.34. The lowest BCUT2D eigenvalue weighted by Crippen LogP contribution is -2.33. The molecule has 4 nitrogen and oxygen atoms in total. The molecule has 0 aliphatic heterocycles. The van der Waals surface area contributed by atoms with Crippen molar-refractivity contribution in [2.24, 2.45) is 0 Å². The van der Waals surface area contributed by atoms with Gasteiger partial charge in [0.1, 0.15) is 5.60 Å². The molecule has 0 aliphatic carbocycles. The van der Waals surface area contributed by atoms with Crippen molar-refractivity contribution >= 4 is 6.09 Å². The number of rotatable bonds is 5. The van der Waals surface area contributed by atoms with Gasteiger partial charge in [-0.25, -0.2) is 4.79 Å². The number of nitriles is 1. The molecule has 0 spiro atoms. The number of hydrogen-bond donors (Lipinski definition) is 1. The first-order chi connectivity index (χ1) is 11.9. The van der Waals surface area contributed by atoms with Gasteiger partial charge in [-0.05, 0) is 56.4 Å². The van der Waals surface area contributed by atoms with E-state index in [1.54, 1.807) is 0 Å². The van der Waals surface area contributed by atoms with Crippen LogP contribution in [-0.2, 0) is 11.2 Å². The summed E-state index contributed by atoms with van der Waals surface area (Å²) in [7, 11) is 0. The molecule has 130 valence electrons. The van der Waals surface area contributed by atoms with Crippen LogP contribution in [0.1, 0.15) is 38.3 Å². The van der Waals surface area contributed by atoms with Crippen LogP contribution in [-0.4, -0.2) is 18.2 Å². The van der Waals surface area contributed by atoms with Gasteiger partial charge in [-0.3, -0.25) is 0 Å². The molecule has 0 atom stereocenters. The smallest absolute Gasteiger partial charge is 0.407 e. The Morgan fingerprint density at radius 2 is 1.80 bits per heavy atom. The van der Waals surface area contributed by atoms with Gasteiger partial charge in [0.25, 0.3) is 0 Å². The first kappa shape index (κ1) is 18.5. The molecule has 0 saturated carbocycles. The zero-order chi connectivity index (χ0) is 18.3. The normalized spacial score (nSPS) is 10.8. The number of amides is 1. The average molecular weight is 336 g/mol. The number of ether oxygens (including phenoxy) is 1. The van der Waals surface area contributed by atoms with E-state index in [4.69, 9.17) is 4.74 Å². The van der Waals surface area contributed by atoms with Crippen LogP contribution in [0.4, 0.5) is 4.79 Å². The van der Waals surface area contributed by atoms with Crippen LogP contribution in [0.15, 0.2) is 48.5 Å². The largest absolute Gasteiger partial charge is 0.444 e. The van der Waals surface area contributed by atoms with Gasteiger partial charge in [0.2, 0.25) is 0 Å². The summed E-state index contributed by atoms with van der Waals surface area (Å²) in [6, 6.07) is 18.0. The molecule has 2 aromatic rings. The minimum atomic E-state index is -0.473. The molecule has 1 amide bonds. The highest BCUT2D eigenvalue weighted by Gasteiger charge is 2.15. The summed E-state index contributed by atoms with van der Waals surface area (Å²) in [4.78, 5) is 11.6. The van der Waals surface area contributed by atoms with E-state index in [1.807, 2.05) is 57.2 Å². The van der Waals surface area contributed by atoms with Crippen molar-refractivity contribution < 1.29 is 9.53 Å². The Hall–Kier alpha value is -2.80. The Labute approximate surface area is 149 Å². The zero-order valence-electron chi connectivity index (χ0n) is 15.0. The standard InChI is InChI=1S/C21H24N2O2/c1-21(2,3)25-20(24)23-14-6-7-16-10-12-17(13-11-16)19-9-5-4-8-18(19)15-22/h4-5,8-13H,6-7,14H2,1-3H3,(H,23,24). The minimum Gasteiger partial charge on any atom is -0.444 e. The van der Waals surface area contributed by atoms with E-state index in [0.717, 1.165) is 24.0 Å². The Morgan fingerprint density at radius 1 is 1.12 bits per heavy atom. The van der Waals surface area contributed by atoms with Gasteiger partial charge in [-0.1, -0.05) is 42.5 Å². The Kier molecular flexibility index (Phi) is 6.19. The lowest BCUT2D eigenvalue weighted by atomic mass is 9.98. The zero-order valence-corrected chi connectivity index (χ0v) is 15.0. The summed E-state index contributed by atoms with van der Waals surface area (Å²) in [6.07, 6.45) is 1.33. The molecular weight excluding hydrogens is 312 g/mol. The average Bonchev–Trinajstić information content (AvgIpc) is 2.58. The number of carbonyl (C=O) groups excluding carboxylic acids is 1. The predicted molar refractivity (Wildman–Crippen MR) is 99.2 cm³/mol. The highest BCUT2D eigenvalue weighted by Crippen LogP contribution is 2.23. The number of alkyl carbamates (subject to hydrolysis) is 1. The number of benzene rings is 2. The van der Waals surface area contributed by atoms with Gasteiger partial charge in [0.05, 0.1) is 11.6 Å². The molecule has 2 aromatic carbocycles. The maximum atomic E-state index is 11.6. The molecule has 0 aliphatic rings. The molecule has 0 aromatic heterocycles. The number of nitrogens with one attached hydrogen (secondary N) is 1. The van der Waals surface area contributed by atoms with E-state index in [-0.39, 0.29) is 6.09 Å². The summed E-state index contributed by atoms with van der Waals surface area (Å²) < 4.78 is 5.20. The number of aryl methyl sites for hydroxylation is 1. The van der Waals surface area contributed by atoms with E-state index < -0.39 is 5.60 Å². The molecule has 0 radical (unpaired) electrons. The molecule has 0 bridgehead atoms. The maximum Gasteiger partial charge on any atom is 0.407 e. The molecule has 4 heteroatoms. The fourth-order valence-electron chi connectivity index (χ4n) is 2.48. The Morgan fingerprint density at radius 3 is 2.44 bits per heavy atom. The van der Waals surface area contributed by atoms with E-state index in [9.17, 15) is 10.1 Å². The maximum absolute atomic E-state index is 11.6. The number of hydrogen-bond acceptors (Lipinski definition) is 3. The van der Waals surface area contributed by atoms with Gasteiger partial charge in [-0.15, -0.1) is 0 Å². The lowest BCUT2D eigenvalue weighted by molar-refractivity contribution is 0.0527. The van der Waals surface area contributed by atoms with Crippen molar-refractivity contribution in [3.63, 3.8) is 0 Å². The first-order valence-corrected chi connectivity index (χ1v) is 8.44. The monoisotopic (exact) mass is 336 g/mol. The fourth-order valence-corrected chi connectivity index (χ4v) is 2.48. The lowest BCUT2D eigenvalue weighted by Gasteiger charge is -2.19. The van der Waals surface area contributed by atoms with Crippen molar-refractivity contribution in [3.8, 4) is 17.2 Å². The first-order valence-electron chi connectivity index (χ1n) is 8.44. The quantitative estimate of drug-likeness (QED) is 0.806. The molecular formula is C21H24N2O2. The number of nitrogens with zero attached hydrogens (tertiary/aromatic N) is 1. The van der Waals surface area contributed by atoms with Gasteiger partial charge in [0, 0.05) is 6.54 Å². The summed E-state index contributed by atoms with van der Waals surface area (Å²) in [5.74, 6) is 0. The third-order valence-electron chi connectivity index (χ3n) is 3.62. The summed E-state index contributed by atoms with van der Waals surface area (Å²) in [5.41, 5.74) is 3.39. The van der Waals surface area contributed by atoms with E-state index in [2.05, 4.69) is 23.5 Å². The fraction of sp³-hybridized carbons (Fsp3) is 0.333. The highest BCUT2D eigenvalue weighted by atomic mass is 16.6. The molecule has 0 saturated heterocycles. The van der Waals surface area contributed by atoms with Crippen molar-refractivity contribution in [2.45, 2.75) is 39.2 Å². The Balaban J connectivity index is 1.85. The van der Waals surface area contributed by atoms with Gasteiger partial charge < -0.3 is 10.1 Å². The second-order valence-electron chi connectivity index (χ2n) is 6.89. The topological polar surface area (TPSA) is 62.1 Å². The second-order valence-corrected chi connectivity index (χ2v) is 6.89. The van der Waals surface area contributed by atoms with Crippen LogP contribution < -0.4 is 5.32 Å². The summed E-state index contributed by atoms with van der Waals surface area (Å²) in [5, 5.41) is 12.0. The van der Waals surface area contributed by atoms with Gasteiger partial charge >= 0.3 is 6.09 Å². The van der Waals surface area contributed by atoms with E-state index in [0.29, 0.717) is 12.1 Å². The van der Waals surface area contributed by atoms with Gasteiger partial charge in [0.15, 0.2) is 0 Å². The van der Waals surface area contributed by atoms with Crippen molar-refractivity contribution in [1.82, 2.24) is 5.32 Å². The van der Waals surface area contributed by atoms with Crippen LogP contribution in [0.5, 0.6) is 0 Å². The van der Waals surface area contributed by atoms with Crippen LogP contribution in [0.2, 0.25) is 0 Å². The third kappa shape index (κ3) is 5.96. The van der Waals surface area contributed by atoms with Crippen LogP contribution in [0.3, 0.4) is 0 Å². The summed E-state index contributed by atoms with van der Waals surface area (Å²) in [6.45, 7) is 6.11. The molecule has 25 heavy (non-hydrogen) atoms. The SMILES string of the molecule is CC(C)(C)OC(=O)NCCCc1ccc(-c2ccccc2C#N)cc1. The van der Waals surface area contributed by atoms with Crippen molar-refractivity contribution in [3.05, 3.63) is 59.7 Å². The minimum absolute atomic E-state index is 0.379. The van der Waals surface area contributed by atoms with Crippen LogP contribution >= 0.6 is 0 Å². The third-order valence-corrected chi connectivity index (χ3v) is 3.62. The molecule has 0 unspecified atom stereocenters. The molecule has 0 heterocycles. The highest BCUT2D eigenvalue weighted by molar-refractivity contribution is 5.70. The molecule has 2 rings (SSSR count). The van der Waals surface area contributed by atoms with Crippen LogP contribution in [0, 0.1) is 11.3 Å². The molecule has 1 N–H and O–H groups in total. The predicted octanol–water partition coefficient (Wildman–Crippen LogP) is 4.68. The summed E-state index contributed by atoms with van der Waals surface area (Å²) >= 11 is 0.